The van der Waals surface area contributed by atoms with Gasteiger partial charge in [0.15, 0.2) is 0 Å². The van der Waals surface area contributed by atoms with Gasteiger partial charge in [-0.3, -0.25) is 0 Å². The molecule has 0 radical (unpaired) electrons. The van der Waals surface area contributed by atoms with Gasteiger partial charge in [-0.1, -0.05) is 19.1 Å². The first-order valence-electron chi connectivity index (χ1n) is 5.13. The van der Waals surface area contributed by atoms with Crippen LogP contribution < -0.4 is 10.5 Å². The van der Waals surface area contributed by atoms with Crippen LogP contribution in [0.4, 0.5) is 4.39 Å². The number of rotatable bonds is 5. The second-order valence-electron chi connectivity index (χ2n) is 3.94. The van der Waals surface area contributed by atoms with Gasteiger partial charge in [0.2, 0.25) is 0 Å². The molecule has 0 aliphatic heterocycles. The van der Waals surface area contributed by atoms with Gasteiger partial charge in [0.05, 0.1) is 12.1 Å². The molecule has 0 aromatic heterocycles. The zero-order chi connectivity index (χ0) is 12.1. The summed E-state index contributed by atoms with van der Waals surface area (Å²) in [5, 5.41) is 0. The van der Waals surface area contributed by atoms with E-state index in [1.807, 2.05) is 6.92 Å². The number of ether oxygens (including phenoxy) is 1. The lowest BCUT2D eigenvalue weighted by molar-refractivity contribution is 0.404. The molecular formula is C12H16FNOS. The van der Waals surface area contributed by atoms with Crippen molar-refractivity contribution in [2.24, 2.45) is 11.7 Å². The summed E-state index contributed by atoms with van der Waals surface area (Å²) >= 11 is 4.85. The molecule has 0 fully saturated rings. The highest BCUT2D eigenvalue weighted by molar-refractivity contribution is 7.80. The third kappa shape index (κ3) is 3.77. The molecule has 0 heterocycles. The summed E-state index contributed by atoms with van der Waals surface area (Å²) in [6.07, 6.45) is 1.37. The quantitative estimate of drug-likeness (QED) is 0.805. The van der Waals surface area contributed by atoms with E-state index in [0.29, 0.717) is 23.6 Å². The van der Waals surface area contributed by atoms with Gasteiger partial charge in [-0.2, -0.15) is 0 Å². The summed E-state index contributed by atoms with van der Waals surface area (Å²) in [6.45, 7) is 2.03. The molecule has 0 saturated heterocycles. The van der Waals surface area contributed by atoms with E-state index < -0.39 is 0 Å². The molecule has 0 spiro atoms. The third-order valence-electron chi connectivity index (χ3n) is 2.36. The van der Waals surface area contributed by atoms with Crippen molar-refractivity contribution >= 4 is 17.2 Å². The van der Waals surface area contributed by atoms with Crippen LogP contribution in [-0.4, -0.2) is 12.1 Å². The molecule has 0 amide bonds. The highest BCUT2D eigenvalue weighted by Crippen LogP contribution is 2.23. The molecule has 0 aliphatic carbocycles. The number of hydrogen-bond acceptors (Lipinski definition) is 2. The largest absolute Gasteiger partial charge is 0.496 e. The van der Waals surface area contributed by atoms with Crippen LogP contribution in [0.15, 0.2) is 18.2 Å². The summed E-state index contributed by atoms with van der Waals surface area (Å²) in [4.78, 5) is 0.489. The molecule has 2 N–H and O–H groups in total. The lowest BCUT2D eigenvalue weighted by Crippen LogP contribution is -2.14. The Morgan fingerprint density at radius 2 is 2.25 bits per heavy atom. The summed E-state index contributed by atoms with van der Waals surface area (Å²) in [7, 11) is 1.58. The number of thiocarbonyl (C=S) groups is 1. The number of halogens is 1. The van der Waals surface area contributed by atoms with Crippen molar-refractivity contribution in [3.05, 3.63) is 29.6 Å². The Balaban J connectivity index is 2.78. The SMILES string of the molecule is COc1ccc(F)cc1CC(C)CC(N)=S. The van der Waals surface area contributed by atoms with E-state index in [4.69, 9.17) is 22.7 Å². The van der Waals surface area contributed by atoms with Crippen LogP contribution in [0.1, 0.15) is 18.9 Å². The monoisotopic (exact) mass is 241 g/mol. The van der Waals surface area contributed by atoms with Crippen molar-refractivity contribution in [3.8, 4) is 5.75 Å². The zero-order valence-corrected chi connectivity index (χ0v) is 10.3. The zero-order valence-electron chi connectivity index (χ0n) is 9.50. The Morgan fingerprint density at radius 1 is 1.56 bits per heavy atom. The average Bonchev–Trinajstić information content (AvgIpc) is 2.16. The third-order valence-corrected chi connectivity index (χ3v) is 2.53. The van der Waals surface area contributed by atoms with Gasteiger partial charge in [0.1, 0.15) is 11.6 Å². The van der Waals surface area contributed by atoms with Crippen LogP contribution in [-0.2, 0) is 6.42 Å². The molecule has 1 rings (SSSR count). The van der Waals surface area contributed by atoms with E-state index in [9.17, 15) is 4.39 Å². The average molecular weight is 241 g/mol. The van der Waals surface area contributed by atoms with Crippen LogP contribution in [0.2, 0.25) is 0 Å². The first-order chi connectivity index (χ1) is 7.52. The molecular weight excluding hydrogens is 225 g/mol. The first kappa shape index (κ1) is 12.9. The van der Waals surface area contributed by atoms with Crippen molar-refractivity contribution in [3.63, 3.8) is 0 Å². The van der Waals surface area contributed by atoms with Crippen LogP contribution >= 0.6 is 12.2 Å². The van der Waals surface area contributed by atoms with E-state index in [-0.39, 0.29) is 11.7 Å². The fourth-order valence-electron chi connectivity index (χ4n) is 1.70. The Kier molecular flexibility index (Phi) is 4.68. The van der Waals surface area contributed by atoms with Crippen molar-refractivity contribution in [1.82, 2.24) is 0 Å². The van der Waals surface area contributed by atoms with Crippen molar-refractivity contribution < 1.29 is 9.13 Å². The van der Waals surface area contributed by atoms with Gasteiger partial charge in [-0.05, 0) is 36.1 Å². The van der Waals surface area contributed by atoms with Crippen LogP contribution in [0.5, 0.6) is 5.75 Å². The molecule has 0 aliphatic rings. The number of hydrogen-bond donors (Lipinski definition) is 1. The topological polar surface area (TPSA) is 35.2 Å². The van der Waals surface area contributed by atoms with E-state index in [1.165, 1.54) is 12.1 Å². The maximum absolute atomic E-state index is 13.1. The standard InChI is InChI=1S/C12H16FNOS/c1-8(6-12(14)16)5-9-7-10(13)3-4-11(9)15-2/h3-4,7-8H,5-6H2,1-2H3,(H2,14,16). The second kappa shape index (κ2) is 5.80. The minimum absolute atomic E-state index is 0.252. The number of nitrogens with two attached hydrogens (primary N) is 1. The molecule has 1 atom stereocenters. The van der Waals surface area contributed by atoms with Crippen LogP contribution in [0.25, 0.3) is 0 Å². The highest BCUT2D eigenvalue weighted by Gasteiger charge is 2.10. The molecule has 1 aromatic carbocycles. The molecule has 4 heteroatoms. The number of methoxy groups -OCH3 is 1. The summed E-state index contributed by atoms with van der Waals surface area (Å²) in [6, 6.07) is 4.52. The van der Waals surface area contributed by atoms with Gasteiger partial charge in [0.25, 0.3) is 0 Å². The van der Waals surface area contributed by atoms with Gasteiger partial charge < -0.3 is 10.5 Å². The predicted octanol–water partition coefficient (Wildman–Crippen LogP) is 2.69. The maximum atomic E-state index is 13.1. The lowest BCUT2D eigenvalue weighted by atomic mass is 9.97. The van der Waals surface area contributed by atoms with E-state index in [0.717, 1.165) is 5.56 Å². The molecule has 2 nitrogen and oxygen atoms in total. The second-order valence-corrected chi connectivity index (χ2v) is 4.46. The Morgan fingerprint density at radius 3 is 2.81 bits per heavy atom. The fourth-order valence-corrected chi connectivity index (χ4v) is 1.98. The van der Waals surface area contributed by atoms with Gasteiger partial charge >= 0.3 is 0 Å². The van der Waals surface area contributed by atoms with Crippen molar-refractivity contribution in [2.75, 3.05) is 7.11 Å². The van der Waals surface area contributed by atoms with Gasteiger partial charge in [-0.25, -0.2) is 4.39 Å². The predicted molar refractivity (Wildman–Crippen MR) is 67.2 cm³/mol. The molecule has 88 valence electrons. The molecule has 1 aromatic rings. The molecule has 0 bridgehead atoms. The Bertz CT molecular complexity index is 381. The lowest BCUT2D eigenvalue weighted by Gasteiger charge is -2.13. The molecule has 16 heavy (non-hydrogen) atoms. The van der Waals surface area contributed by atoms with E-state index in [2.05, 4.69) is 0 Å². The van der Waals surface area contributed by atoms with Crippen molar-refractivity contribution in [2.45, 2.75) is 19.8 Å². The summed E-state index contributed by atoms with van der Waals surface area (Å²) < 4.78 is 18.3. The van der Waals surface area contributed by atoms with E-state index in [1.54, 1.807) is 13.2 Å². The summed E-state index contributed by atoms with van der Waals surface area (Å²) in [5.41, 5.74) is 6.33. The van der Waals surface area contributed by atoms with Crippen LogP contribution in [0.3, 0.4) is 0 Å². The minimum atomic E-state index is -0.252. The Labute approximate surface area is 101 Å². The van der Waals surface area contributed by atoms with Crippen LogP contribution in [0, 0.1) is 11.7 Å². The molecule has 0 saturated carbocycles. The minimum Gasteiger partial charge on any atom is -0.496 e. The van der Waals surface area contributed by atoms with Crippen molar-refractivity contribution in [1.29, 1.82) is 0 Å². The smallest absolute Gasteiger partial charge is 0.123 e. The Hall–Kier alpha value is -1.16. The van der Waals surface area contributed by atoms with E-state index >= 15 is 0 Å². The maximum Gasteiger partial charge on any atom is 0.123 e. The number of benzene rings is 1. The summed E-state index contributed by atoms with van der Waals surface area (Å²) in [5.74, 6) is 0.739. The highest BCUT2D eigenvalue weighted by atomic mass is 32.1. The normalized spacial score (nSPS) is 12.2. The van der Waals surface area contributed by atoms with Gasteiger partial charge in [0, 0.05) is 6.42 Å². The first-order valence-corrected chi connectivity index (χ1v) is 5.54. The molecule has 1 unspecified atom stereocenters. The fraction of sp³-hybridized carbons (Fsp3) is 0.417. The van der Waals surface area contributed by atoms with Gasteiger partial charge in [-0.15, -0.1) is 0 Å².